The quantitative estimate of drug-likeness (QED) is 0.601. The average Bonchev–Trinajstić information content (AvgIpc) is 2.17. The predicted molar refractivity (Wildman–Crippen MR) is 56.2 cm³/mol. The Bertz CT molecular complexity index is 211. The summed E-state index contributed by atoms with van der Waals surface area (Å²) in [4.78, 5) is 13.1. The Hall–Kier alpha value is -0.650. The second-order valence-corrected chi connectivity index (χ2v) is 4.14. The van der Waals surface area contributed by atoms with Crippen molar-refractivity contribution in [3.8, 4) is 0 Å². The largest absolute Gasteiger partial charge is 0.468 e. The van der Waals surface area contributed by atoms with Crippen molar-refractivity contribution in [2.75, 3.05) is 33.4 Å². The van der Waals surface area contributed by atoms with Gasteiger partial charge in [0.25, 0.3) is 0 Å². The zero-order valence-electron chi connectivity index (χ0n) is 9.19. The number of aliphatic hydroxyl groups is 1. The number of rotatable bonds is 4. The number of esters is 1. The van der Waals surface area contributed by atoms with Crippen LogP contribution in [0.4, 0.5) is 0 Å². The predicted octanol–water partition coefficient (Wildman–Crippen LogP) is -0.809. The van der Waals surface area contributed by atoms with Crippen molar-refractivity contribution < 1.29 is 14.6 Å². The number of carbonyl (C=O) groups excluding carboxylic acids is 1. The molecule has 0 spiro atoms. The van der Waals surface area contributed by atoms with Crippen LogP contribution >= 0.6 is 0 Å². The minimum Gasteiger partial charge on any atom is -0.468 e. The fourth-order valence-corrected chi connectivity index (χ4v) is 2.12. The fourth-order valence-electron chi connectivity index (χ4n) is 2.12. The third-order valence-corrected chi connectivity index (χ3v) is 2.76. The maximum atomic E-state index is 11.1. The summed E-state index contributed by atoms with van der Waals surface area (Å²) in [6, 6.07) is 0.0972. The molecular formula is C10H20N2O3. The van der Waals surface area contributed by atoms with Crippen molar-refractivity contribution >= 4 is 5.97 Å². The van der Waals surface area contributed by atoms with Crippen molar-refractivity contribution in [3.63, 3.8) is 0 Å². The first-order valence-corrected chi connectivity index (χ1v) is 5.31. The Morgan fingerprint density at radius 1 is 1.60 bits per heavy atom. The van der Waals surface area contributed by atoms with Crippen molar-refractivity contribution in [3.05, 3.63) is 0 Å². The van der Waals surface area contributed by atoms with Crippen molar-refractivity contribution in [1.29, 1.82) is 0 Å². The number of piperidine rings is 1. The number of methoxy groups -OCH3 is 1. The highest BCUT2D eigenvalue weighted by molar-refractivity contribution is 5.71. The van der Waals surface area contributed by atoms with Crippen molar-refractivity contribution in [2.24, 2.45) is 11.7 Å². The van der Waals surface area contributed by atoms with Crippen molar-refractivity contribution in [1.82, 2.24) is 4.90 Å². The zero-order chi connectivity index (χ0) is 11.3. The molecule has 0 aliphatic carbocycles. The third kappa shape index (κ3) is 4.15. The topological polar surface area (TPSA) is 75.8 Å². The highest BCUT2D eigenvalue weighted by Crippen LogP contribution is 2.18. The van der Waals surface area contributed by atoms with Gasteiger partial charge in [0.2, 0.25) is 0 Å². The molecule has 1 rings (SSSR count). The van der Waals surface area contributed by atoms with E-state index in [4.69, 9.17) is 10.8 Å². The van der Waals surface area contributed by atoms with E-state index >= 15 is 0 Å². The zero-order valence-corrected chi connectivity index (χ0v) is 9.19. The standard InChI is InChI=1S/C10H20N2O3/c1-15-10(14)7-12-5-8(2-3-13)4-9(11)6-12/h8-9,13H,2-7,11H2,1H3. The SMILES string of the molecule is COC(=O)CN1CC(N)CC(CCO)C1. The molecule has 1 saturated heterocycles. The fraction of sp³-hybridized carbons (Fsp3) is 0.900. The summed E-state index contributed by atoms with van der Waals surface area (Å²) >= 11 is 0. The number of carbonyl (C=O) groups is 1. The Labute approximate surface area is 90.2 Å². The number of hydrogen-bond acceptors (Lipinski definition) is 5. The van der Waals surface area contributed by atoms with Gasteiger partial charge in [0.15, 0.2) is 0 Å². The van der Waals surface area contributed by atoms with Gasteiger partial charge in [-0.05, 0) is 18.8 Å². The molecule has 3 N–H and O–H groups in total. The Kier molecular flexibility index (Phi) is 5.01. The molecule has 5 nitrogen and oxygen atoms in total. The summed E-state index contributed by atoms with van der Waals surface area (Å²) in [6.45, 7) is 2.04. The molecule has 0 amide bonds. The Balaban J connectivity index is 2.40. The van der Waals surface area contributed by atoms with Crippen LogP contribution in [-0.2, 0) is 9.53 Å². The number of hydrogen-bond donors (Lipinski definition) is 2. The van der Waals surface area contributed by atoms with Gasteiger partial charge >= 0.3 is 5.97 Å². The number of aliphatic hydroxyl groups excluding tert-OH is 1. The molecule has 5 heteroatoms. The van der Waals surface area contributed by atoms with E-state index in [1.807, 2.05) is 4.90 Å². The van der Waals surface area contributed by atoms with E-state index in [0.717, 1.165) is 25.9 Å². The van der Waals surface area contributed by atoms with Gasteiger partial charge in [-0.1, -0.05) is 0 Å². The highest BCUT2D eigenvalue weighted by Gasteiger charge is 2.25. The highest BCUT2D eigenvalue weighted by atomic mass is 16.5. The maximum Gasteiger partial charge on any atom is 0.319 e. The Morgan fingerprint density at radius 3 is 2.93 bits per heavy atom. The lowest BCUT2D eigenvalue weighted by Gasteiger charge is -2.35. The third-order valence-electron chi connectivity index (χ3n) is 2.76. The molecule has 0 aromatic rings. The van der Waals surface area contributed by atoms with Crippen LogP contribution in [0, 0.1) is 5.92 Å². The number of likely N-dealkylation sites (tertiary alicyclic amines) is 1. The summed E-state index contributed by atoms with van der Waals surface area (Å²) in [5.41, 5.74) is 5.89. The maximum absolute atomic E-state index is 11.1. The van der Waals surface area contributed by atoms with Gasteiger partial charge in [-0.15, -0.1) is 0 Å². The van der Waals surface area contributed by atoms with Crippen LogP contribution in [0.5, 0.6) is 0 Å². The molecule has 1 fully saturated rings. The molecule has 2 atom stereocenters. The average molecular weight is 216 g/mol. The normalized spacial score (nSPS) is 27.7. The van der Waals surface area contributed by atoms with Crippen LogP contribution in [0.3, 0.4) is 0 Å². The molecular weight excluding hydrogens is 196 g/mol. The Morgan fingerprint density at radius 2 is 2.33 bits per heavy atom. The van der Waals surface area contributed by atoms with Crippen LogP contribution in [-0.4, -0.2) is 55.4 Å². The van der Waals surface area contributed by atoms with Crippen molar-refractivity contribution in [2.45, 2.75) is 18.9 Å². The molecule has 15 heavy (non-hydrogen) atoms. The molecule has 0 radical (unpaired) electrons. The lowest BCUT2D eigenvalue weighted by molar-refractivity contribution is -0.142. The molecule has 0 bridgehead atoms. The first-order valence-electron chi connectivity index (χ1n) is 5.31. The summed E-state index contributed by atoms with van der Waals surface area (Å²) in [7, 11) is 1.39. The van der Waals surface area contributed by atoms with Gasteiger partial charge in [0.1, 0.15) is 0 Å². The van der Waals surface area contributed by atoms with Crippen LogP contribution in [0.1, 0.15) is 12.8 Å². The van der Waals surface area contributed by atoms with Crippen LogP contribution in [0.2, 0.25) is 0 Å². The number of ether oxygens (including phenoxy) is 1. The molecule has 1 aliphatic rings. The summed E-state index contributed by atoms with van der Waals surface area (Å²) in [6.07, 6.45) is 1.68. The minimum atomic E-state index is -0.230. The second-order valence-electron chi connectivity index (χ2n) is 4.14. The van der Waals surface area contributed by atoms with Gasteiger partial charge in [0.05, 0.1) is 13.7 Å². The lowest BCUT2D eigenvalue weighted by Crippen LogP contribution is -2.48. The van der Waals surface area contributed by atoms with E-state index in [9.17, 15) is 4.79 Å². The molecule has 1 aliphatic heterocycles. The molecule has 0 aromatic heterocycles. The van der Waals surface area contributed by atoms with E-state index in [2.05, 4.69) is 4.74 Å². The summed E-state index contributed by atoms with van der Waals surface area (Å²) < 4.78 is 4.61. The minimum absolute atomic E-state index is 0.0972. The lowest BCUT2D eigenvalue weighted by atomic mass is 9.92. The van der Waals surface area contributed by atoms with Gasteiger partial charge in [0, 0.05) is 25.7 Å². The van der Waals surface area contributed by atoms with Crippen LogP contribution in [0.25, 0.3) is 0 Å². The van der Waals surface area contributed by atoms with E-state index in [1.165, 1.54) is 7.11 Å². The van der Waals surface area contributed by atoms with Gasteiger partial charge in [-0.2, -0.15) is 0 Å². The van der Waals surface area contributed by atoms with E-state index in [-0.39, 0.29) is 18.6 Å². The smallest absolute Gasteiger partial charge is 0.319 e. The number of nitrogens with zero attached hydrogens (tertiary/aromatic N) is 1. The summed E-state index contributed by atoms with van der Waals surface area (Å²) in [5, 5.41) is 8.87. The molecule has 88 valence electrons. The van der Waals surface area contributed by atoms with Crippen LogP contribution in [0.15, 0.2) is 0 Å². The second kappa shape index (κ2) is 6.05. The van der Waals surface area contributed by atoms with E-state index < -0.39 is 0 Å². The number of nitrogens with two attached hydrogens (primary N) is 1. The first kappa shape index (κ1) is 12.4. The van der Waals surface area contributed by atoms with Gasteiger partial charge in [-0.3, -0.25) is 9.69 Å². The molecule has 1 heterocycles. The molecule has 0 saturated carbocycles. The molecule has 2 unspecified atom stereocenters. The van der Waals surface area contributed by atoms with Crippen LogP contribution < -0.4 is 5.73 Å². The first-order chi connectivity index (χ1) is 7.15. The van der Waals surface area contributed by atoms with E-state index in [1.54, 1.807) is 0 Å². The summed E-state index contributed by atoms with van der Waals surface area (Å²) in [5.74, 6) is 0.162. The van der Waals surface area contributed by atoms with Gasteiger partial charge in [-0.25, -0.2) is 0 Å². The van der Waals surface area contributed by atoms with E-state index in [0.29, 0.717) is 12.5 Å². The van der Waals surface area contributed by atoms with Gasteiger partial charge < -0.3 is 15.6 Å². The monoisotopic (exact) mass is 216 g/mol. The molecule has 0 aromatic carbocycles.